The minimum absolute atomic E-state index is 0.243. The van der Waals surface area contributed by atoms with Crippen molar-refractivity contribution >= 4 is 44.5 Å². The van der Waals surface area contributed by atoms with Gasteiger partial charge in [-0.2, -0.15) is 13.0 Å². The molecule has 4 rings (SSSR count). The number of hydrogen-bond acceptors (Lipinski definition) is 4. The van der Waals surface area contributed by atoms with Gasteiger partial charge in [-0.25, -0.2) is 0 Å². The molecule has 0 fully saturated rings. The number of hydrogen-bond donors (Lipinski definition) is 1. The maximum absolute atomic E-state index is 11.1. The number of benzene rings is 2. The first-order chi connectivity index (χ1) is 13.8. The molecule has 1 aliphatic rings. The van der Waals surface area contributed by atoms with Gasteiger partial charge in [-0.05, 0) is 37.6 Å². The van der Waals surface area contributed by atoms with E-state index < -0.39 is 10.1 Å². The van der Waals surface area contributed by atoms with Gasteiger partial charge in [0.2, 0.25) is 11.2 Å². The van der Waals surface area contributed by atoms with Gasteiger partial charge >= 0.3 is 0 Å². The maximum Gasteiger partial charge on any atom is 0.264 e. The van der Waals surface area contributed by atoms with Crippen molar-refractivity contribution in [1.29, 1.82) is 0 Å². The summed E-state index contributed by atoms with van der Waals surface area (Å²) < 4.78 is 33.5. The molecule has 7 heteroatoms. The molecule has 150 valence electrons. The van der Waals surface area contributed by atoms with E-state index in [1.165, 1.54) is 10.9 Å². The quantitative estimate of drug-likeness (QED) is 0.489. The molecular weight excluding hydrogens is 404 g/mol. The van der Waals surface area contributed by atoms with E-state index >= 15 is 0 Å². The highest BCUT2D eigenvalue weighted by atomic mass is 32.2. The highest BCUT2D eigenvalue weighted by molar-refractivity contribution is 8.03. The Kier molecular flexibility index (Phi) is 5.38. The second-order valence-electron chi connectivity index (χ2n) is 7.22. The number of nitrogens with zero attached hydrogens (tertiary/aromatic N) is 2. The zero-order valence-electron chi connectivity index (χ0n) is 16.4. The Hall–Kier alpha value is -2.35. The Morgan fingerprint density at radius 3 is 2.72 bits per heavy atom. The van der Waals surface area contributed by atoms with Crippen molar-refractivity contribution in [3.05, 3.63) is 70.9 Å². The van der Waals surface area contributed by atoms with Crippen LogP contribution in [0.2, 0.25) is 0 Å². The number of aromatic nitrogens is 1. The van der Waals surface area contributed by atoms with Gasteiger partial charge in [-0.15, -0.1) is 0 Å². The summed E-state index contributed by atoms with van der Waals surface area (Å²) in [7, 11) is -1.91. The van der Waals surface area contributed by atoms with Crippen molar-refractivity contribution in [3.63, 3.8) is 0 Å². The van der Waals surface area contributed by atoms with Crippen molar-refractivity contribution in [2.24, 2.45) is 7.05 Å². The van der Waals surface area contributed by atoms with Crippen molar-refractivity contribution in [3.8, 4) is 0 Å². The highest BCUT2D eigenvalue weighted by Crippen LogP contribution is 2.46. The molecular formula is C22H23N2O3S2+. The summed E-state index contributed by atoms with van der Waals surface area (Å²) in [6.07, 6.45) is 2.49. The normalized spacial score (nSPS) is 15.3. The molecule has 0 bridgehead atoms. The number of para-hydroxylation sites is 1. The molecule has 0 radical (unpaired) electrons. The van der Waals surface area contributed by atoms with Gasteiger partial charge < -0.3 is 4.90 Å². The molecule has 1 aromatic heterocycles. The molecule has 3 aromatic rings. The third-order valence-electron chi connectivity index (χ3n) is 5.06. The van der Waals surface area contributed by atoms with Crippen LogP contribution in [0.4, 0.5) is 5.69 Å². The minimum atomic E-state index is -3.96. The molecule has 2 heterocycles. The second kappa shape index (κ2) is 7.82. The largest absolute Gasteiger partial charge is 0.335 e. The molecule has 2 aromatic carbocycles. The van der Waals surface area contributed by atoms with E-state index in [0.29, 0.717) is 13.0 Å². The van der Waals surface area contributed by atoms with Crippen molar-refractivity contribution in [2.45, 2.75) is 18.2 Å². The average molecular weight is 428 g/mol. The van der Waals surface area contributed by atoms with Crippen LogP contribution in [0.1, 0.15) is 17.7 Å². The lowest BCUT2D eigenvalue weighted by Crippen LogP contribution is -2.33. The first kappa shape index (κ1) is 19.9. The zero-order valence-corrected chi connectivity index (χ0v) is 18.0. The average Bonchev–Trinajstić information content (AvgIpc) is 3.00. The number of fused-ring (bicyclic) bond motifs is 2. The molecule has 0 aliphatic carbocycles. The van der Waals surface area contributed by atoms with Gasteiger partial charge in [0.1, 0.15) is 7.05 Å². The number of rotatable bonds is 5. The molecule has 1 aliphatic heterocycles. The lowest BCUT2D eigenvalue weighted by Gasteiger charge is -2.20. The number of anilines is 1. The number of aryl methyl sites for hydroxylation is 2. The Labute approximate surface area is 175 Å². The smallest absolute Gasteiger partial charge is 0.264 e. The first-order valence-electron chi connectivity index (χ1n) is 9.42. The van der Waals surface area contributed by atoms with E-state index in [9.17, 15) is 8.42 Å². The summed E-state index contributed by atoms with van der Waals surface area (Å²) >= 11 is 1.68. The van der Waals surface area contributed by atoms with Crippen molar-refractivity contribution in [1.82, 2.24) is 0 Å². The Bertz CT molecular complexity index is 1220. The SMILES string of the molecule is Cc1ccc2c(ccc(C=C3Sc4ccccc4N3CCCS(=O)(=O)O)[n+]2C)c1. The summed E-state index contributed by atoms with van der Waals surface area (Å²) in [6.45, 7) is 2.61. The monoisotopic (exact) mass is 427 g/mol. The van der Waals surface area contributed by atoms with Crippen LogP contribution in [0, 0.1) is 6.92 Å². The summed E-state index contributed by atoms with van der Waals surface area (Å²) in [5.74, 6) is -0.243. The van der Waals surface area contributed by atoms with Crippen molar-refractivity contribution < 1.29 is 17.5 Å². The van der Waals surface area contributed by atoms with Crippen molar-refractivity contribution in [2.75, 3.05) is 17.2 Å². The molecule has 0 unspecified atom stereocenters. The number of thioether (sulfide) groups is 1. The van der Waals surface area contributed by atoms with E-state index in [4.69, 9.17) is 4.55 Å². The van der Waals surface area contributed by atoms with Crippen LogP contribution >= 0.6 is 11.8 Å². The standard InChI is InChI=1S/C22H22N2O3S2/c1-16-8-11-19-17(14-16)9-10-18(23(19)2)15-22-24(12-5-13-29(25,26)27)20-6-3-4-7-21(20)28-22/h3-4,6-11,14-15H,5,12-13H2,1-2H3/p+1. The third kappa shape index (κ3) is 4.32. The molecule has 0 amide bonds. The first-order valence-corrected chi connectivity index (χ1v) is 11.8. The zero-order chi connectivity index (χ0) is 20.6. The van der Waals surface area contributed by atoms with Crippen LogP contribution in [-0.4, -0.2) is 25.3 Å². The molecule has 1 N–H and O–H groups in total. The van der Waals surface area contributed by atoms with Gasteiger partial charge in [0, 0.05) is 35.0 Å². The Morgan fingerprint density at radius 2 is 1.93 bits per heavy atom. The molecule has 0 spiro atoms. The van der Waals surface area contributed by atoms with E-state index in [1.54, 1.807) is 11.8 Å². The molecule has 0 saturated carbocycles. The van der Waals surface area contributed by atoms with E-state index in [-0.39, 0.29) is 5.75 Å². The Balaban J connectivity index is 1.70. The van der Waals surface area contributed by atoms with Gasteiger partial charge in [0.15, 0.2) is 0 Å². The summed E-state index contributed by atoms with van der Waals surface area (Å²) in [6, 6.07) is 18.8. The minimum Gasteiger partial charge on any atom is -0.335 e. The van der Waals surface area contributed by atoms with Crippen LogP contribution in [-0.2, 0) is 17.2 Å². The van der Waals surface area contributed by atoms with Gasteiger partial charge in [-0.3, -0.25) is 4.55 Å². The molecule has 0 atom stereocenters. The van der Waals surface area contributed by atoms with Crippen LogP contribution in [0.25, 0.3) is 17.0 Å². The predicted octanol–water partition coefficient (Wildman–Crippen LogP) is 4.16. The fourth-order valence-electron chi connectivity index (χ4n) is 3.61. The topological polar surface area (TPSA) is 61.5 Å². The molecule has 0 saturated heterocycles. The summed E-state index contributed by atoms with van der Waals surface area (Å²) in [5, 5.41) is 2.24. The fourth-order valence-corrected chi connectivity index (χ4v) is 5.23. The predicted molar refractivity (Wildman–Crippen MR) is 119 cm³/mol. The van der Waals surface area contributed by atoms with Gasteiger partial charge in [-0.1, -0.05) is 35.5 Å². The second-order valence-corrected chi connectivity index (χ2v) is 9.86. The van der Waals surface area contributed by atoms with Crippen LogP contribution in [0.15, 0.2) is 64.5 Å². The summed E-state index contributed by atoms with van der Waals surface area (Å²) in [4.78, 5) is 3.27. The van der Waals surface area contributed by atoms with E-state index in [0.717, 1.165) is 26.8 Å². The maximum atomic E-state index is 11.1. The summed E-state index contributed by atoms with van der Waals surface area (Å²) in [5.41, 5.74) is 4.52. The van der Waals surface area contributed by atoms with E-state index in [1.807, 2.05) is 18.2 Å². The lowest BCUT2D eigenvalue weighted by molar-refractivity contribution is -0.646. The highest BCUT2D eigenvalue weighted by Gasteiger charge is 2.26. The third-order valence-corrected chi connectivity index (χ3v) is 6.97. The Morgan fingerprint density at radius 1 is 1.14 bits per heavy atom. The lowest BCUT2D eigenvalue weighted by atomic mass is 10.1. The molecule has 29 heavy (non-hydrogen) atoms. The fraction of sp³-hybridized carbons (Fsp3) is 0.227. The number of pyridine rings is 1. The van der Waals surface area contributed by atoms with Crippen LogP contribution < -0.4 is 9.47 Å². The molecule has 5 nitrogen and oxygen atoms in total. The van der Waals surface area contributed by atoms with E-state index in [2.05, 4.69) is 65.9 Å². The van der Waals surface area contributed by atoms with Crippen LogP contribution in [0.5, 0.6) is 0 Å². The van der Waals surface area contributed by atoms with Crippen LogP contribution in [0.3, 0.4) is 0 Å². The van der Waals surface area contributed by atoms with Gasteiger partial charge in [0.25, 0.3) is 10.1 Å². The van der Waals surface area contributed by atoms with Gasteiger partial charge in [0.05, 0.1) is 16.5 Å².